The van der Waals surface area contributed by atoms with E-state index in [1.54, 1.807) is 6.26 Å². The van der Waals surface area contributed by atoms with E-state index in [0.717, 1.165) is 11.3 Å². The number of oxazole rings is 1. The maximum Gasteiger partial charge on any atom is 0.196 e. The van der Waals surface area contributed by atoms with Gasteiger partial charge in [-0.15, -0.1) is 0 Å². The molecule has 0 amide bonds. The van der Waals surface area contributed by atoms with E-state index in [4.69, 9.17) is 9.52 Å². The van der Waals surface area contributed by atoms with Crippen molar-refractivity contribution in [1.29, 1.82) is 0 Å². The summed E-state index contributed by atoms with van der Waals surface area (Å²) in [6.45, 7) is 0.0642. The zero-order valence-electron chi connectivity index (χ0n) is 7.68. The van der Waals surface area contributed by atoms with Crippen LogP contribution in [0.25, 0.3) is 11.3 Å². The number of aromatic nitrogens is 1. The number of benzene rings is 1. The van der Waals surface area contributed by atoms with E-state index in [0.29, 0.717) is 12.3 Å². The third kappa shape index (κ3) is 1.83. The Balaban J connectivity index is 2.25. The summed E-state index contributed by atoms with van der Waals surface area (Å²) in [5, 5.41) is 8.70. The maximum absolute atomic E-state index is 8.70. The Labute approximate surface area is 82.0 Å². The van der Waals surface area contributed by atoms with Gasteiger partial charge in [0.1, 0.15) is 12.0 Å². The number of rotatable bonds is 3. The second-order valence-electron chi connectivity index (χ2n) is 2.97. The monoisotopic (exact) mass is 189 g/mol. The minimum Gasteiger partial charge on any atom is -0.448 e. The molecule has 1 N–H and O–H groups in total. The van der Waals surface area contributed by atoms with E-state index < -0.39 is 0 Å². The van der Waals surface area contributed by atoms with Gasteiger partial charge in [0.25, 0.3) is 0 Å². The maximum atomic E-state index is 8.70. The Morgan fingerprint density at radius 3 is 2.71 bits per heavy atom. The molecule has 0 radical (unpaired) electrons. The summed E-state index contributed by atoms with van der Waals surface area (Å²) in [5.41, 5.74) is 1.84. The van der Waals surface area contributed by atoms with Crippen molar-refractivity contribution in [3.05, 3.63) is 42.5 Å². The van der Waals surface area contributed by atoms with Crippen LogP contribution in [0.4, 0.5) is 0 Å². The first-order valence-electron chi connectivity index (χ1n) is 4.51. The van der Waals surface area contributed by atoms with Crippen molar-refractivity contribution >= 4 is 0 Å². The van der Waals surface area contributed by atoms with E-state index in [1.807, 2.05) is 30.3 Å². The van der Waals surface area contributed by atoms with Crippen LogP contribution in [-0.4, -0.2) is 16.7 Å². The molecule has 0 saturated carbocycles. The predicted molar refractivity (Wildman–Crippen MR) is 52.7 cm³/mol. The van der Waals surface area contributed by atoms with Crippen LogP contribution in [0.2, 0.25) is 0 Å². The van der Waals surface area contributed by atoms with Gasteiger partial charge < -0.3 is 9.52 Å². The molecule has 0 unspecified atom stereocenters. The highest BCUT2D eigenvalue weighted by Crippen LogP contribution is 2.17. The molecule has 14 heavy (non-hydrogen) atoms. The van der Waals surface area contributed by atoms with Crippen molar-refractivity contribution in [2.24, 2.45) is 0 Å². The molecular formula is C11H11NO2. The minimum atomic E-state index is 0.0642. The Morgan fingerprint density at radius 2 is 2.00 bits per heavy atom. The lowest BCUT2D eigenvalue weighted by Crippen LogP contribution is -1.89. The van der Waals surface area contributed by atoms with Crippen LogP contribution in [-0.2, 0) is 6.42 Å². The predicted octanol–water partition coefficient (Wildman–Crippen LogP) is 1.88. The minimum absolute atomic E-state index is 0.0642. The molecule has 0 fully saturated rings. The lowest BCUT2D eigenvalue weighted by molar-refractivity contribution is 0.285. The Hall–Kier alpha value is -1.61. The molecule has 72 valence electrons. The Kier molecular flexibility index (Phi) is 2.60. The topological polar surface area (TPSA) is 46.3 Å². The Morgan fingerprint density at radius 1 is 1.21 bits per heavy atom. The number of hydrogen-bond donors (Lipinski definition) is 1. The lowest BCUT2D eigenvalue weighted by Gasteiger charge is -1.92. The molecule has 0 bridgehead atoms. The molecule has 2 aromatic rings. The van der Waals surface area contributed by atoms with E-state index in [9.17, 15) is 0 Å². The van der Waals surface area contributed by atoms with Crippen molar-refractivity contribution in [3.8, 4) is 11.3 Å². The fourth-order valence-corrected chi connectivity index (χ4v) is 1.26. The summed E-state index contributed by atoms with van der Waals surface area (Å²) >= 11 is 0. The van der Waals surface area contributed by atoms with E-state index in [1.165, 1.54) is 0 Å². The van der Waals surface area contributed by atoms with Gasteiger partial charge >= 0.3 is 0 Å². The normalized spacial score (nSPS) is 10.4. The van der Waals surface area contributed by atoms with Crippen molar-refractivity contribution in [1.82, 2.24) is 4.98 Å². The van der Waals surface area contributed by atoms with Gasteiger partial charge in [-0.05, 0) is 0 Å². The molecule has 1 aromatic heterocycles. The first-order valence-corrected chi connectivity index (χ1v) is 4.51. The molecule has 2 rings (SSSR count). The molecule has 0 aliphatic rings. The lowest BCUT2D eigenvalue weighted by atomic mass is 10.2. The quantitative estimate of drug-likeness (QED) is 0.801. The fraction of sp³-hybridized carbons (Fsp3) is 0.182. The molecule has 0 aliphatic heterocycles. The SMILES string of the molecule is OCCc1nc(-c2ccccc2)co1. The van der Waals surface area contributed by atoms with Crippen LogP contribution in [0.15, 0.2) is 41.0 Å². The standard InChI is InChI=1S/C11H11NO2/c13-7-6-11-12-10(8-14-11)9-4-2-1-3-5-9/h1-5,8,13H,6-7H2. The molecule has 0 atom stereocenters. The number of nitrogens with zero attached hydrogens (tertiary/aromatic N) is 1. The molecule has 3 heteroatoms. The fourth-order valence-electron chi connectivity index (χ4n) is 1.26. The second kappa shape index (κ2) is 4.07. The molecule has 0 spiro atoms. The third-order valence-corrected chi connectivity index (χ3v) is 1.95. The zero-order chi connectivity index (χ0) is 9.80. The molecule has 0 aliphatic carbocycles. The van der Waals surface area contributed by atoms with Crippen molar-refractivity contribution in [2.75, 3.05) is 6.61 Å². The van der Waals surface area contributed by atoms with Gasteiger partial charge in [-0.2, -0.15) is 0 Å². The van der Waals surface area contributed by atoms with Crippen LogP contribution >= 0.6 is 0 Å². The summed E-state index contributed by atoms with van der Waals surface area (Å²) in [7, 11) is 0. The van der Waals surface area contributed by atoms with Crippen LogP contribution in [0.3, 0.4) is 0 Å². The summed E-state index contributed by atoms with van der Waals surface area (Å²) in [4.78, 5) is 4.24. The molecule has 3 nitrogen and oxygen atoms in total. The van der Waals surface area contributed by atoms with Gasteiger partial charge in [0, 0.05) is 12.0 Å². The van der Waals surface area contributed by atoms with E-state index in [-0.39, 0.29) is 6.61 Å². The molecule has 1 heterocycles. The average molecular weight is 189 g/mol. The summed E-state index contributed by atoms with van der Waals surface area (Å²) in [5.74, 6) is 0.575. The number of aliphatic hydroxyl groups is 1. The number of hydrogen-bond acceptors (Lipinski definition) is 3. The van der Waals surface area contributed by atoms with Gasteiger partial charge in [0.05, 0.1) is 6.61 Å². The molecule has 1 aromatic carbocycles. The van der Waals surface area contributed by atoms with Crippen LogP contribution in [0.1, 0.15) is 5.89 Å². The largest absolute Gasteiger partial charge is 0.448 e. The first kappa shape index (κ1) is 8.97. The van der Waals surface area contributed by atoms with Crippen molar-refractivity contribution < 1.29 is 9.52 Å². The van der Waals surface area contributed by atoms with Crippen molar-refractivity contribution in [3.63, 3.8) is 0 Å². The average Bonchev–Trinajstić information content (AvgIpc) is 2.68. The summed E-state index contributed by atoms with van der Waals surface area (Å²) < 4.78 is 5.19. The molecule has 0 saturated heterocycles. The van der Waals surface area contributed by atoms with Crippen LogP contribution < -0.4 is 0 Å². The first-order chi connectivity index (χ1) is 6.90. The second-order valence-corrected chi connectivity index (χ2v) is 2.97. The highest BCUT2D eigenvalue weighted by molar-refractivity contribution is 5.57. The summed E-state index contributed by atoms with van der Waals surface area (Å²) in [6, 6.07) is 9.81. The smallest absolute Gasteiger partial charge is 0.196 e. The third-order valence-electron chi connectivity index (χ3n) is 1.95. The highest BCUT2D eigenvalue weighted by Gasteiger charge is 2.04. The zero-order valence-corrected chi connectivity index (χ0v) is 7.68. The molecular weight excluding hydrogens is 178 g/mol. The summed E-state index contributed by atoms with van der Waals surface area (Å²) in [6.07, 6.45) is 2.08. The van der Waals surface area contributed by atoms with E-state index in [2.05, 4.69) is 4.98 Å². The van der Waals surface area contributed by atoms with Gasteiger partial charge in [-0.25, -0.2) is 4.98 Å². The van der Waals surface area contributed by atoms with Gasteiger partial charge in [-0.1, -0.05) is 30.3 Å². The van der Waals surface area contributed by atoms with Gasteiger partial charge in [0.15, 0.2) is 5.89 Å². The highest BCUT2D eigenvalue weighted by atomic mass is 16.3. The van der Waals surface area contributed by atoms with Crippen LogP contribution in [0, 0.1) is 0 Å². The van der Waals surface area contributed by atoms with Gasteiger partial charge in [0.2, 0.25) is 0 Å². The van der Waals surface area contributed by atoms with Gasteiger partial charge in [-0.3, -0.25) is 0 Å². The number of aliphatic hydroxyl groups excluding tert-OH is 1. The van der Waals surface area contributed by atoms with E-state index >= 15 is 0 Å². The van der Waals surface area contributed by atoms with Crippen LogP contribution in [0.5, 0.6) is 0 Å². The van der Waals surface area contributed by atoms with Crippen molar-refractivity contribution in [2.45, 2.75) is 6.42 Å². The Bertz CT molecular complexity index is 395.